The maximum atomic E-state index is 11.2. The Hall–Kier alpha value is -1.89. The van der Waals surface area contributed by atoms with E-state index in [1.54, 1.807) is 19.2 Å². The van der Waals surface area contributed by atoms with Crippen LogP contribution < -0.4 is 5.32 Å². The number of aromatic nitrogens is 2. The van der Waals surface area contributed by atoms with Gasteiger partial charge in [-0.3, -0.25) is 4.79 Å². The van der Waals surface area contributed by atoms with Gasteiger partial charge < -0.3 is 14.9 Å². The van der Waals surface area contributed by atoms with Gasteiger partial charge in [0.05, 0.1) is 11.4 Å². The normalized spacial score (nSPS) is 11.6. The van der Waals surface area contributed by atoms with Gasteiger partial charge in [-0.15, -0.1) is 11.3 Å². The van der Waals surface area contributed by atoms with E-state index in [9.17, 15) is 9.90 Å². The van der Waals surface area contributed by atoms with Crippen LogP contribution in [0.2, 0.25) is 0 Å². The summed E-state index contributed by atoms with van der Waals surface area (Å²) < 4.78 is 5.09. The highest BCUT2D eigenvalue weighted by atomic mass is 32.1. The van der Waals surface area contributed by atoms with Crippen LogP contribution in [0, 0.1) is 13.8 Å². The van der Waals surface area contributed by atoms with Gasteiger partial charge in [0, 0.05) is 17.5 Å². The summed E-state index contributed by atoms with van der Waals surface area (Å²) in [5.74, 6) is -0.113. The van der Waals surface area contributed by atoms with Crippen LogP contribution >= 0.6 is 11.3 Å². The number of carboxylic acid groups (broad SMARTS) is 1. The van der Waals surface area contributed by atoms with E-state index in [2.05, 4.69) is 15.5 Å². The van der Waals surface area contributed by atoms with Gasteiger partial charge in [-0.05, 0) is 27.7 Å². The number of hydrogen-bond acceptors (Lipinski definition) is 6. The van der Waals surface area contributed by atoms with Gasteiger partial charge in [-0.2, -0.15) is 0 Å². The molecule has 0 aliphatic heterocycles. The van der Waals surface area contributed by atoms with Crippen molar-refractivity contribution in [2.45, 2.75) is 39.7 Å². The van der Waals surface area contributed by atoms with E-state index in [4.69, 9.17) is 4.52 Å². The van der Waals surface area contributed by atoms with Crippen LogP contribution in [0.3, 0.4) is 0 Å². The molecule has 2 aromatic heterocycles. The van der Waals surface area contributed by atoms with E-state index in [0.717, 1.165) is 17.0 Å². The molecule has 6 nitrogen and oxygen atoms in total. The van der Waals surface area contributed by atoms with Crippen LogP contribution in [0.25, 0.3) is 0 Å². The van der Waals surface area contributed by atoms with Crippen molar-refractivity contribution in [3.8, 4) is 0 Å². The first-order valence-corrected chi connectivity index (χ1v) is 7.05. The second-order valence-corrected chi connectivity index (χ2v) is 5.98. The Kier molecular flexibility index (Phi) is 3.80. The Balaban J connectivity index is 2.09. The van der Waals surface area contributed by atoms with Crippen molar-refractivity contribution in [2.24, 2.45) is 0 Å². The molecule has 0 spiro atoms. The van der Waals surface area contributed by atoms with Gasteiger partial charge in [-0.1, -0.05) is 5.16 Å². The minimum absolute atomic E-state index is 0.552. The molecule has 20 heavy (non-hydrogen) atoms. The molecule has 0 fully saturated rings. The molecule has 0 aromatic carbocycles. The number of aryl methyl sites for hydroxylation is 2. The zero-order chi connectivity index (χ0) is 14.9. The molecule has 0 radical (unpaired) electrons. The summed E-state index contributed by atoms with van der Waals surface area (Å²) in [6, 6.07) is 0. The lowest BCUT2D eigenvalue weighted by molar-refractivity contribution is -0.142. The van der Waals surface area contributed by atoms with Crippen LogP contribution in [-0.2, 0) is 16.8 Å². The fourth-order valence-corrected chi connectivity index (χ4v) is 2.55. The van der Waals surface area contributed by atoms with E-state index in [0.29, 0.717) is 17.4 Å². The number of anilines is 1. The molecular formula is C13H17N3O3S. The topological polar surface area (TPSA) is 88.3 Å². The van der Waals surface area contributed by atoms with Gasteiger partial charge in [0.2, 0.25) is 0 Å². The van der Waals surface area contributed by atoms with E-state index in [-0.39, 0.29) is 0 Å². The Morgan fingerprint density at radius 1 is 1.50 bits per heavy atom. The Morgan fingerprint density at radius 3 is 2.75 bits per heavy atom. The smallest absolute Gasteiger partial charge is 0.315 e. The second-order valence-electron chi connectivity index (χ2n) is 5.12. The predicted octanol–water partition coefficient (Wildman–Crippen LogP) is 2.72. The van der Waals surface area contributed by atoms with Gasteiger partial charge in [-0.25, -0.2) is 4.98 Å². The van der Waals surface area contributed by atoms with Crippen molar-refractivity contribution in [1.29, 1.82) is 0 Å². The molecule has 0 saturated carbocycles. The number of thiazole rings is 1. The van der Waals surface area contributed by atoms with Gasteiger partial charge >= 0.3 is 5.97 Å². The quantitative estimate of drug-likeness (QED) is 0.881. The van der Waals surface area contributed by atoms with Crippen LogP contribution in [0.4, 0.5) is 5.13 Å². The van der Waals surface area contributed by atoms with Gasteiger partial charge in [0.1, 0.15) is 11.2 Å². The number of nitrogens with zero attached hydrogens (tertiary/aromatic N) is 2. The Bertz CT molecular complexity index is 611. The van der Waals surface area contributed by atoms with Crippen molar-refractivity contribution in [3.05, 3.63) is 28.1 Å². The fourth-order valence-electron chi connectivity index (χ4n) is 1.67. The first kappa shape index (κ1) is 14.5. The first-order chi connectivity index (χ1) is 9.32. The summed E-state index contributed by atoms with van der Waals surface area (Å²) in [5, 5.41) is 18.7. The average Bonchev–Trinajstić information content (AvgIpc) is 2.96. The molecule has 2 N–H and O–H groups in total. The first-order valence-electron chi connectivity index (χ1n) is 6.17. The molecular weight excluding hydrogens is 278 g/mol. The molecule has 7 heteroatoms. The highest BCUT2D eigenvalue weighted by molar-refractivity contribution is 7.13. The second kappa shape index (κ2) is 5.24. The molecule has 2 heterocycles. The Morgan fingerprint density at radius 2 is 2.20 bits per heavy atom. The lowest BCUT2D eigenvalue weighted by Gasteiger charge is -2.15. The number of rotatable bonds is 5. The van der Waals surface area contributed by atoms with Crippen molar-refractivity contribution < 1.29 is 14.4 Å². The fraction of sp³-hybridized carbons (Fsp3) is 0.462. The average molecular weight is 295 g/mol. The highest BCUT2D eigenvalue weighted by Crippen LogP contribution is 2.27. The Labute approximate surface area is 120 Å². The van der Waals surface area contributed by atoms with E-state index in [1.807, 2.05) is 13.8 Å². The number of aliphatic carboxylic acids is 1. The summed E-state index contributed by atoms with van der Waals surface area (Å²) in [6.07, 6.45) is 0. The molecule has 0 amide bonds. The molecule has 2 rings (SSSR count). The van der Waals surface area contributed by atoms with E-state index in [1.165, 1.54) is 11.3 Å². The maximum absolute atomic E-state index is 11.2. The lowest BCUT2D eigenvalue weighted by Crippen LogP contribution is -2.28. The lowest BCUT2D eigenvalue weighted by atomic mass is 9.90. The number of nitrogens with one attached hydrogen (secondary N) is 1. The number of carbonyl (C=O) groups is 1. The van der Waals surface area contributed by atoms with Crippen LogP contribution in [0.1, 0.15) is 36.6 Å². The molecule has 0 saturated heterocycles. The van der Waals surface area contributed by atoms with E-state index < -0.39 is 11.4 Å². The van der Waals surface area contributed by atoms with Crippen LogP contribution in [0.5, 0.6) is 0 Å². The van der Waals surface area contributed by atoms with Crippen molar-refractivity contribution >= 4 is 22.4 Å². The summed E-state index contributed by atoms with van der Waals surface area (Å²) in [7, 11) is 0. The summed E-state index contributed by atoms with van der Waals surface area (Å²) in [6.45, 7) is 7.58. The van der Waals surface area contributed by atoms with E-state index >= 15 is 0 Å². The van der Waals surface area contributed by atoms with Crippen LogP contribution in [-0.4, -0.2) is 21.2 Å². The third-order valence-corrected chi connectivity index (χ3v) is 4.08. The summed E-state index contributed by atoms with van der Waals surface area (Å²) in [5.41, 5.74) is 1.41. The SMILES string of the molecule is Cc1noc(C)c1CNc1nc(C(C)(C)C(=O)O)cs1. The van der Waals surface area contributed by atoms with Crippen molar-refractivity contribution in [3.63, 3.8) is 0 Å². The number of carboxylic acids is 1. The van der Waals surface area contributed by atoms with Gasteiger partial charge in [0.15, 0.2) is 5.13 Å². The molecule has 0 unspecified atom stereocenters. The zero-order valence-electron chi connectivity index (χ0n) is 11.9. The summed E-state index contributed by atoms with van der Waals surface area (Å²) >= 11 is 1.39. The third kappa shape index (κ3) is 2.67. The number of hydrogen-bond donors (Lipinski definition) is 2. The van der Waals surface area contributed by atoms with Crippen molar-refractivity contribution in [1.82, 2.24) is 10.1 Å². The molecule has 0 aliphatic carbocycles. The minimum atomic E-state index is -0.987. The standard InChI is InChI=1S/C13H17N3O3S/c1-7-9(8(2)19-16-7)5-14-12-15-10(6-20-12)13(3,4)11(17)18/h6H,5H2,1-4H3,(H,14,15)(H,17,18). The molecule has 108 valence electrons. The predicted molar refractivity (Wildman–Crippen MR) is 76.1 cm³/mol. The molecule has 2 aromatic rings. The van der Waals surface area contributed by atoms with Crippen molar-refractivity contribution in [2.75, 3.05) is 5.32 Å². The zero-order valence-corrected chi connectivity index (χ0v) is 12.7. The monoisotopic (exact) mass is 295 g/mol. The summed E-state index contributed by atoms with van der Waals surface area (Å²) in [4.78, 5) is 15.5. The largest absolute Gasteiger partial charge is 0.481 e. The molecule has 0 atom stereocenters. The molecule has 0 aliphatic rings. The minimum Gasteiger partial charge on any atom is -0.481 e. The highest BCUT2D eigenvalue weighted by Gasteiger charge is 2.32. The van der Waals surface area contributed by atoms with Gasteiger partial charge in [0.25, 0.3) is 0 Å². The van der Waals surface area contributed by atoms with Crippen LogP contribution in [0.15, 0.2) is 9.90 Å². The maximum Gasteiger partial charge on any atom is 0.315 e. The molecule has 0 bridgehead atoms. The third-order valence-electron chi connectivity index (χ3n) is 3.28.